The molecule has 0 aromatic heterocycles. The molecule has 7 heteroatoms. The highest BCUT2D eigenvalue weighted by Crippen LogP contribution is 2.48. The van der Waals surface area contributed by atoms with Gasteiger partial charge in [-0.1, -0.05) is 48.0 Å². The molecule has 1 heterocycles. The summed E-state index contributed by atoms with van der Waals surface area (Å²) in [7, 11) is 0.491. The number of ether oxygens (including phenoxy) is 3. The molecule has 3 aromatic carbocycles. The van der Waals surface area contributed by atoms with E-state index in [0.29, 0.717) is 29.2 Å². The van der Waals surface area contributed by atoms with Crippen molar-refractivity contribution in [1.29, 1.82) is 0 Å². The van der Waals surface area contributed by atoms with E-state index < -0.39 is 16.2 Å². The van der Waals surface area contributed by atoms with E-state index in [9.17, 15) is 8.42 Å². The largest absolute Gasteiger partial charge is 0.493 e. The Labute approximate surface area is 182 Å². The van der Waals surface area contributed by atoms with Crippen LogP contribution in [0.1, 0.15) is 22.8 Å². The molecule has 0 saturated heterocycles. The Morgan fingerprint density at radius 1 is 0.935 bits per heavy atom. The molecule has 1 aliphatic rings. The van der Waals surface area contributed by atoms with Gasteiger partial charge in [0.25, 0.3) is 10.1 Å². The van der Waals surface area contributed by atoms with Crippen molar-refractivity contribution in [2.75, 3.05) is 21.3 Å². The molecule has 1 atom stereocenters. The van der Waals surface area contributed by atoms with Gasteiger partial charge in [0.15, 0.2) is 11.5 Å². The third-order valence-corrected chi connectivity index (χ3v) is 6.81. The Hall–Kier alpha value is -3.03. The Balaban J connectivity index is 1.81. The standard InChI is InChI=1S/C24H24O6S/c1-15-11-12-22(31(25,26)29-4)19(13-15)21-14-16-7-5-8-17(23(16)30-21)18-9-6-10-20(27-2)24(18)28-3/h5-13,21H,14H2,1-4H3. The summed E-state index contributed by atoms with van der Waals surface area (Å²) in [6.45, 7) is 1.92. The second-order valence-corrected chi connectivity index (χ2v) is 8.99. The predicted octanol–water partition coefficient (Wildman–Crippen LogP) is 4.69. The second kappa shape index (κ2) is 8.24. The number of aryl methyl sites for hydroxylation is 1. The molecule has 31 heavy (non-hydrogen) atoms. The van der Waals surface area contributed by atoms with Crippen molar-refractivity contribution in [3.8, 4) is 28.4 Å². The average Bonchev–Trinajstić information content (AvgIpc) is 3.22. The fourth-order valence-corrected chi connectivity index (χ4v) is 4.88. The topological polar surface area (TPSA) is 71.1 Å². The van der Waals surface area contributed by atoms with Gasteiger partial charge < -0.3 is 14.2 Å². The smallest absolute Gasteiger partial charge is 0.297 e. The van der Waals surface area contributed by atoms with Crippen molar-refractivity contribution in [3.63, 3.8) is 0 Å². The summed E-state index contributed by atoms with van der Waals surface area (Å²) < 4.78 is 47.2. The van der Waals surface area contributed by atoms with Crippen LogP contribution in [0.15, 0.2) is 59.5 Å². The lowest BCUT2D eigenvalue weighted by molar-refractivity contribution is 0.235. The van der Waals surface area contributed by atoms with Crippen LogP contribution >= 0.6 is 0 Å². The van der Waals surface area contributed by atoms with Crippen LogP contribution < -0.4 is 14.2 Å². The highest BCUT2D eigenvalue weighted by atomic mass is 32.2. The first kappa shape index (κ1) is 21.2. The fourth-order valence-electron chi connectivity index (χ4n) is 3.99. The molecule has 4 rings (SSSR count). The maximum Gasteiger partial charge on any atom is 0.297 e. The van der Waals surface area contributed by atoms with Crippen LogP contribution in [0, 0.1) is 6.92 Å². The van der Waals surface area contributed by atoms with Crippen LogP contribution in [-0.2, 0) is 20.7 Å². The average molecular weight is 441 g/mol. The number of benzene rings is 3. The molecule has 0 amide bonds. The van der Waals surface area contributed by atoms with Crippen molar-refractivity contribution in [2.45, 2.75) is 24.3 Å². The second-order valence-electron chi connectivity index (χ2n) is 7.31. The van der Waals surface area contributed by atoms with E-state index in [1.807, 2.05) is 49.4 Å². The van der Waals surface area contributed by atoms with Crippen molar-refractivity contribution < 1.29 is 26.8 Å². The summed E-state index contributed by atoms with van der Waals surface area (Å²) in [5.41, 5.74) is 4.23. The van der Waals surface area contributed by atoms with Gasteiger partial charge in [-0.25, -0.2) is 0 Å². The summed E-state index contributed by atoms with van der Waals surface area (Å²) in [5, 5.41) is 0. The predicted molar refractivity (Wildman–Crippen MR) is 117 cm³/mol. The number of rotatable bonds is 6. The zero-order valence-electron chi connectivity index (χ0n) is 17.8. The van der Waals surface area contributed by atoms with Gasteiger partial charge in [0.2, 0.25) is 0 Å². The number of hydrogen-bond acceptors (Lipinski definition) is 6. The first-order chi connectivity index (χ1) is 14.9. The van der Waals surface area contributed by atoms with Crippen molar-refractivity contribution in [1.82, 2.24) is 0 Å². The molecule has 3 aromatic rings. The Morgan fingerprint density at radius 3 is 2.39 bits per heavy atom. The summed E-state index contributed by atoms with van der Waals surface area (Å²) in [5.74, 6) is 1.95. The first-order valence-corrected chi connectivity index (χ1v) is 11.2. The zero-order valence-corrected chi connectivity index (χ0v) is 18.7. The molecule has 0 aliphatic carbocycles. The molecule has 0 bridgehead atoms. The SMILES string of the molecule is COc1cccc(-c2cccc3c2OC(c2cc(C)ccc2S(=O)(=O)OC)C3)c1OC. The lowest BCUT2D eigenvalue weighted by Gasteiger charge is -2.18. The molecule has 0 spiro atoms. The van der Waals surface area contributed by atoms with Crippen LogP contribution in [0.5, 0.6) is 17.2 Å². The minimum Gasteiger partial charge on any atom is -0.493 e. The van der Waals surface area contributed by atoms with Gasteiger partial charge in [0, 0.05) is 23.1 Å². The van der Waals surface area contributed by atoms with Gasteiger partial charge in [-0.15, -0.1) is 0 Å². The fraction of sp³-hybridized carbons (Fsp3) is 0.250. The lowest BCUT2D eigenvalue weighted by Crippen LogP contribution is -2.12. The highest BCUT2D eigenvalue weighted by Gasteiger charge is 2.32. The van der Waals surface area contributed by atoms with Crippen LogP contribution in [0.3, 0.4) is 0 Å². The Morgan fingerprint density at radius 2 is 1.68 bits per heavy atom. The third-order valence-electron chi connectivity index (χ3n) is 5.46. The molecule has 0 radical (unpaired) electrons. The molecular formula is C24H24O6S. The summed E-state index contributed by atoms with van der Waals surface area (Å²) in [6.07, 6.45) is 0.0955. The molecule has 6 nitrogen and oxygen atoms in total. The van der Waals surface area contributed by atoms with E-state index >= 15 is 0 Å². The monoisotopic (exact) mass is 440 g/mol. The molecule has 0 N–H and O–H groups in total. The summed E-state index contributed by atoms with van der Waals surface area (Å²) in [6, 6.07) is 16.8. The third kappa shape index (κ3) is 3.75. The number of fused-ring (bicyclic) bond motifs is 1. The van der Waals surface area contributed by atoms with Gasteiger partial charge >= 0.3 is 0 Å². The Bertz CT molecular complexity index is 1230. The van der Waals surface area contributed by atoms with Crippen molar-refractivity contribution in [3.05, 3.63) is 71.3 Å². The van der Waals surface area contributed by atoms with E-state index in [4.69, 9.17) is 18.4 Å². The van der Waals surface area contributed by atoms with E-state index in [-0.39, 0.29) is 4.90 Å². The minimum atomic E-state index is -3.87. The molecule has 0 fully saturated rings. The maximum absolute atomic E-state index is 12.5. The van der Waals surface area contributed by atoms with Gasteiger partial charge in [-0.3, -0.25) is 4.18 Å². The molecular weight excluding hydrogens is 416 g/mol. The number of methoxy groups -OCH3 is 2. The molecule has 162 valence electrons. The molecule has 0 saturated carbocycles. The van der Waals surface area contributed by atoms with Crippen LogP contribution in [0.4, 0.5) is 0 Å². The van der Waals surface area contributed by atoms with Crippen molar-refractivity contribution >= 4 is 10.1 Å². The van der Waals surface area contributed by atoms with Crippen molar-refractivity contribution in [2.24, 2.45) is 0 Å². The van der Waals surface area contributed by atoms with E-state index in [1.165, 1.54) is 0 Å². The van der Waals surface area contributed by atoms with E-state index in [2.05, 4.69) is 0 Å². The van der Waals surface area contributed by atoms with Crippen LogP contribution in [0.25, 0.3) is 11.1 Å². The van der Waals surface area contributed by atoms with Gasteiger partial charge in [0.1, 0.15) is 16.7 Å². The normalized spacial score (nSPS) is 15.3. The van der Waals surface area contributed by atoms with E-state index in [0.717, 1.165) is 29.4 Å². The number of hydrogen-bond donors (Lipinski definition) is 0. The summed E-state index contributed by atoms with van der Waals surface area (Å²) >= 11 is 0. The molecule has 1 aliphatic heterocycles. The first-order valence-electron chi connectivity index (χ1n) is 9.80. The lowest BCUT2D eigenvalue weighted by atomic mass is 9.98. The van der Waals surface area contributed by atoms with Crippen LogP contribution in [-0.4, -0.2) is 29.7 Å². The highest BCUT2D eigenvalue weighted by molar-refractivity contribution is 7.86. The van der Waals surface area contributed by atoms with Crippen LogP contribution in [0.2, 0.25) is 0 Å². The van der Waals surface area contributed by atoms with Gasteiger partial charge in [-0.2, -0.15) is 8.42 Å². The van der Waals surface area contributed by atoms with Gasteiger partial charge in [-0.05, 0) is 24.6 Å². The number of para-hydroxylation sites is 2. The summed E-state index contributed by atoms with van der Waals surface area (Å²) in [4.78, 5) is 0.124. The zero-order chi connectivity index (χ0) is 22.2. The minimum absolute atomic E-state index is 0.124. The maximum atomic E-state index is 12.5. The van der Waals surface area contributed by atoms with Gasteiger partial charge in [0.05, 0.1) is 21.3 Å². The van der Waals surface area contributed by atoms with E-state index in [1.54, 1.807) is 26.4 Å². The Kier molecular flexibility index (Phi) is 5.64. The molecule has 1 unspecified atom stereocenters. The quantitative estimate of drug-likeness (QED) is 0.518.